The highest BCUT2D eigenvalue weighted by Gasteiger charge is 2.36. The summed E-state index contributed by atoms with van der Waals surface area (Å²) in [5.74, 6) is -2.24. The molecule has 0 aromatic heterocycles. The Morgan fingerprint density at radius 3 is 2.38 bits per heavy atom. The van der Waals surface area contributed by atoms with Gasteiger partial charge in [0.15, 0.2) is 5.78 Å². The molecule has 0 bridgehead atoms. The molecule has 0 aliphatic heterocycles. The molecule has 0 saturated carbocycles. The first kappa shape index (κ1) is 13.1. The highest BCUT2D eigenvalue weighted by Crippen LogP contribution is 2.37. The van der Waals surface area contributed by atoms with Crippen molar-refractivity contribution in [3.8, 4) is 5.75 Å². The number of benzene rings is 1. The predicted molar refractivity (Wildman–Crippen MR) is 53.2 cm³/mol. The highest BCUT2D eigenvalue weighted by molar-refractivity contribution is 6.33. The molecule has 1 N–H and O–H groups in total. The van der Waals surface area contributed by atoms with Gasteiger partial charge in [0.1, 0.15) is 5.75 Å². The molecule has 0 unspecified atom stereocenters. The maximum Gasteiger partial charge on any atom is 0.417 e. The zero-order valence-electron chi connectivity index (χ0n) is 7.61. The minimum absolute atomic E-state index is 0.332. The van der Waals surface area contributed by atoms with Crippen molar-refractivity contribution in [1.29, 1.82) is 0 Å². The zero-order valence-corrected chi connectivity index (χ0v) is 9.12. The highest BCUT2D eigenvalue weighted by atomic mass is 35.5. The summed E-state index contributed by atoms with van der Waals surface area (Å²) in [6.45, 7) is 0. The average Bonchev–Trinajstić information content (AvgIpc) is 2.18. The summed E-state index contributed by atoms with van der Waals surface area (Å²) in [5, 5.41) is 8.73. The van der Waals surface area contributed by atoms with Crippen LogP contribution >= 0.6 is 23.2 Å². The van der Waals surface area contributed by atoms with Crippen LogP contribution in [0.25, 0.3) is 0 Å². The van der Waals surface area contributed by atoms with Crippen LogP contribution in [-0.2, 0) is 6.18 Å². The molecule has 0 heterocycles. The van der Waals surface area contributed by atoms with Crippen molar-refractivity contribution in [2.24, 2.45) is 0 Å². The van der Waals surface area contributed by atoms with Gasteiger partial charge in [-0.05, 0) is 12.1 Å². The van der Waals surface area contributed by atoms with Gasteiger partial charge in [0.2, 0.25) is 0 Å². The number of phenols is 1. The molecular formula is C9H5Cl2F3O2. The fraction of sp³-hybridized carbons (Fsp3) is 0.222. The smallest absolute Gasteiger partial charge is 0.417 e. The average molecular weight is 273 g/mol. The molecule has 0 saturated heterocycles. The van der Waals surface area contributed by atoms with E-state index in [4.69, 9.17) is 28.3 Å². The number of phenolic OH excluding ortho intramolecular Hbond substituents is 1. The van der Waals surface area contributed by atoms with Gasteiger partial charge < -0.3 is 5.11 Å². The van der Waals surface area contributed by atoms with Gasteiger partial charge in [0, 0.05) is 5.56 Å². The number of hydrogen-bond acceptors (Lipinski definition) is 2. The zero-order chi connectivity index (χ0) is 12.5. The summed E-state index contributed by atoms with van der Waals surface area (Å²) in [4.78, 5) is 11.2. The van der Waals surface area contributed by atoms with E-state index in [0.717, 1.165) is 6.07 Å². The number of aromatic hydroxyl groups is 1. The first-order valence-electron chi connectivity index (χ1n) is 3.96. The van der Waals surface area contributed by atoms with E-state index in [-0.39, 0.29) is 5.02 Å². The molecule has 0 aliphatic carbocycles. The number of rotatable bonds is 2. The van der Waals surface area contributed by atoms with Crippen LogP contribution in [0.5, 0.6) is 5.75 Å². The van der Waals surface area contributed by atoms with Gasteiger partial charge in [-0.15, -0.1) is 11.6 Å². The molecule has 0 radical (unpaired) electrons. The van der Waals surface area contributed by atoms with Gasteiger partial charge in [0.25, 0.3) is 0 Å². The lowest BCUT2D eigenvalue weighted by Crippen LogP contribution is -2.14. The first-order valence-corrected chi connectivity index (χ1v) is 4.87. The summed E-state index contributed by atoms with van der Waals surface area (Å²) in [6.07, 6.45) is -4.75. The Hall–Kier alpha value is -0.940. The van der Waals surface area contributed by atoms with Crippen LogP contribution in [0.4, 0.5) is 13.2 Å². The molecule has 1 rings (SSSR count). The van der Waals surface area contributed by atoms with Crippen molar-refractivity contribution in [3.63, 3.8) is 0 Å². The third-order valence-corrected chi connectivity index (χ3v) is 2.36. The number of carbonyl (C=O) groups is 1. The van der Waals surface area contributed by atoms with Crippen molar-refractivity contribution in [1.82, 2.24) is 0 Å². The minimum Gasteiger partial charge on any atom is -0.506 e. The molecule has 1 aromatic carbocycles. The van der Waals surface area contributed by atoms with Gasteiger partial charge in [-0.1, -0.05) is 11.6 Å². The monoisotopic (exact) mass is 272 g/mol. The topological polar surface area (TPSA) is 37.3 Å². The second-order valence-corrected chi connectivity index (χ2v) is 3.58. The van der Waals surface area contributed by atoms with Gasteiger partial charge in [-0.2, -0.15) is 13.2 Å². The van der Waals surface area contributed by atoms with Crippen LogP contribution in [0.2, 0.25) is 5.02 Å². The number of ketones is 1. The quantitative estimate of drug-likeness (QED) is 0.661. The summed E-state index contributed by atoms with van der Waals surface area (Å²) >= 11 is 10.6. The van der Waals surface area contributed by atoms with Gasteiger partial charge in [0.05, 0.1) is 16.5 Å². The van der Waals surface area contributed by atoms with E-state index in [2.05, 4.69) is 0 Å². The third-order valence-electron chi connectivity index (χ3n) is 1.81. The Labute approximate surface area is 98.6 Å². The Kier molecular flexibility index (Phi) is 3.70. The molecule has 0 amide bonds. The molecule has 0 atom stereocenters. The minimum atomic E-state index is -4.75. The van der Waals surface area contributed by atoms with Crippen LogP contribution in [0.15, 0.2) is 12.1 Å². The Balaban J connectivity index is 3.45. The van der Waals surface area contributed by atoms with E-state index in [0.29, 0.717) is 6.07 Å². The second-order valence-electron chi connectivity index (χ2n) is 2.90. The predicted octanol–water partition coefficient (Wildman–Crippen LogP) is 3.49. The standard InChI is InChI=1S/C9H5Cl2F3O2/c10-3-8(16)4-1-6(11)7(15)2-5(4)9(12,13)14/h1-2,15H,3H2. The molecule has 2 nitrogen and oxygen atoms in total. The molecular weight excluding hydrogens is 268 g/mol. The third kappa shape index (κ3) is 2.59. The van der Waals surface area contributed by atoms with E-state index < -0.39 is 34.7 Å². The van der Waals surface area contributed by atoms with E-state index >= 15 is 0 Å². The molecule has 0 aliphatic rings. The van der Waals surface area contributed by atoms with E-state index in [1.807, 2.05) is 0 Å². The SMILES string of the molecule is O=C(CCl)c1cc(Cl)c(O)cc1C(F)(F)F. The van der Waals surface area contributed by atoms with Crippen LogP contribution in [0.3, 0.4) is 0 Å². The van der Waals surface area contributed by atoms with Crippen LogP contribution < -0.4 is 0 Å². The summed E-state index contributed by atoms with van der Waals surface area (Å²) in [7, 11) is 0. The van der Waals surface area contributed by atoms with Gasteiger partial charge in [-0.3, -0.25) is 4.79 Å². The lowest BCUT2D eigenvalue weighted by Gasteiger charge is -2.12. The van der Waals surface area contributed by atoms with E-state index in [1.165, 1.54) is 0 Å². The second kappa shape index (κ2) is 4.51. The van der Waals surface area contributed by atoms with E-state index in [1.54, 1.807) is 0 Å². The normalized spacial score (nSPS) is 11.6. The van der Waals surface area contributed by atoms with Crippen molar-refractivity contribution in [3.05, 3.63) is 28.3 Å². The maximum atomic E-state index is 12.5. The molecule has 88 valence electrons. The van der Waals surface area contributed by atoms with Gasteiger partial charge >= 0.3 is 6.18 Å². The number of alkyl halides is 4. The van der Waals surface area contributed by atoms with Crippen molar-refractivity contribution < 1.29 is 23.1 Å². The Morgan fingerprint density at radius 1 is 1.38 bits per heavy atom. The maximum absolute atomic E-state index is 12.5. The Bertz CT molecular complexity index is 429. The number of hydrogen-bond donors (Lipinski definition) is 1. The van der Waals surface area contributed by atoms with Crippen LogP contribution in [-0.4, -0.2) is 16.8 Å². The number of carbonyl (C=O) groups excluding carboxylic acids is 1. The number of Topliss-reactive ketones (excluding diaryl/α,β-unsaturated/α-hetero) is 1. The van der Waals surface area contributed by atoms with Crippen molar-refractivity contribution in [2.45, 2.75) is 6.18 Å². The van der Waals surface area contributed by atoms with Crippen LogP contribution in [0, 0.1) is 0 Å². The molecule has 0 spiro atoms. The fourth-order valence-electron chi connectivity index (χ4n) is 1.10. The summed E-state index contributed by atoms with van der Waals surface area (Å²) in [5.41, 5.74) is -1.90. The largest absolute Gasteiger partial charge is 0.506 e. The van der Waals surface area contributed by atoms with Crippen molar-refractivity contribution in [2.75, 3.05) is 5.88 Å². The molecule has 7 heteroatoms. The number of halogens is 5. The van der Waals surface area contributed by atoms with Crippen LogP contribution in [0.1, 0.15) is 15.9 Å². The summed E-state index contributed by atoms with van der Waals surface area (Å²) in [6, 6.07) is 1.16. The van der Waals surface area contributed by atoms with E-state index in [9.17, 15) is 18.0 Å². The lowest BCUT2D eigenvalue weighted by atomic mass is 10.0. The van der Waals surface area contributed by atoms with Gasteiger partial charge in [-0.25, -0.2) is 0 Å². The molecule has 0 fully saturated rings. The molecule has 1 aromatic rings. The Morgan fingerprint density at radius 2 is 1.94 bits per heavy atom. The summed E-state index contributed by atoms with van der Waals surface area (Å²) < 4.78 is 37.5. The fourth-order valence-corrected chi connectivity index (χ4v) is 1.41. The van der Waals surface area contributed by atoms with Crippen molar-refractivity contribution >= 4 is 29.0 Å². The first-order chi connectivity index (χ1) is 7.27. The molecule has 16 heavy (non-hydrogen) atoms. The lowest BCUT2D eigenvalue weighted by molar-refractivity contribution is -0.138.